The van der Waals surface area contributed by atoms with Gasteiger partial charge in [0.25, 0.3) is 0 Å². The van der Waals surface area contributed by atoms with Gasteiger partial charge in [0.2, 0.25) is 5.91 Å². The van der Waals surface area contributed by atoms with E-state index in [0.29, 0.717) is 0 Å². The monoisotopic (exact) mass is 270 g/mol. The van der Waals surface area contributed by atoms with Crippen LogP contribution in [0.1, 0.15) is 25.5 Å². The van der Waals surface area contributed by atoms with E-state index in [4.69, 9.17) is 0 Å². The second-order valence-corrected chi connectivity index (χ2v) is 5.30. The Balaban J connectivity index is 1.71. The molecule has 2 N–H and O–H groups in total. The van der Waals surface area contributed by atoms with Crippen molar-refractivity contribution < 1.29 is 4.79 Å². The fraction of sp³-hybridized carbons (Fsp3) is 0.333. The van der Waals surface area contributed by atoms with E-state index in [2.05, 4.69) is 15.7 Å². The van der Waals surface area contributed by atoms with Crippen LogP contribution in [-0.4, -0.2) is 21.7 Å². The molecular weight excluding hydrogens is 252 g/mol. The van der Waals surface area contributed by atoms with E-state index in [-0.39, 0.29) is 18.0 Å². The number of hydrogen-bond acceptors (Lipinski definition) is 3. The topological polar surface area (TPSA) is 59.0 Å². The summed E-state index contributed by atoms with van der Waals surface area (Å²) in [6, 6.07) is 9.83. The second kappa shape index (κ2) is 5.00. The number of carbonyl (C=O) groups excluding carboxylic acids is 1. The summed E-state index contributed by atoms with van der Waals surface area (Å²) in [6.45, 7) is 4.07. The molecule has 1 atom stereocenters. The number of benzene rings is 1. The molecule has 0 fully saturated rings. The number of nitrogens with zero attached hydrogens (tertiary/aromatic N) is 2. The van der Waals surface area contributed by atoms with Crippen molar-refractivity contribution >= 4 is 17.4 Å². The van der Waals surface area contributed by atoms with Crippen LogP contribution in [0.25, 0.3) is 0 Å². The average molecular weight is 270 g/mol. The van der Waals surface area contributed by atoms with Crippen molar-refractivity contribution in [1.29, 1.82) is 0 Å². The molecule has 1 aromatic carbocycles. The Labute approximate surface area is 118 Å². The van der Waals surface area contributed by atoms with Gasteiger partial charge in [-0.15, -0.1) is 0 Å². The Morgan fingerprint density at radius 1 is 1.40 bits per heavy atom. The lowest BCUT2D eigenvalue weighted by molar-refractivity contribution is -0.116. The summed E-state index contributed by atoms with van der Waals surface area (Å²) < 4.78 is 1.81. The van der Waals surface area contributed by atoms with Crippen molar-refractivity contribution in [2.24, 2.45) is 0 Å². The summed E-state index contributed by atoms with van der Waals surface area (Å²) >= 11 is 0. The minimum atomic E-state index is -0.220. The molecule has 3 rings (SSSR count). The van der Waals surface area contributed by atoms with Crippen molar-refractivity contribution in [1.82, 2.24) is 9.78 Å². The number of rotatable bonds is 3. The van der Waals surface area contributed by atoms with Gasteiger partial charge in [0.15, 0.2) is 0 Å². The average Bonchev–Trinajstić information content (AvgIpc) is 3.03. The highest BCUT2D eigenvalue weighted by Gasteiger charge is 2.26. The van der Waals surface area contributed by atoms with Gasteiger partial charge in [0.1, 0.15) is 11.9 Å². The SMILES string of the molecule is CC(C)n1nccc1NC(=O)[C@@H]1Cc2ccccc2N1. The maximum Gasteiger partial charge on any atom is 0.248 e. The molecule has 5 nitrogen and oxygen atoms in total. The van der Waals surface area contributed by atoms with Gasteiger partial charge < -0.3 is 10.6 Å². The Hall–Kier alpha value is -2.30. The molecule has 0 unspecified atom stereocenters. The second-order valence-electron chi connectivity index (χ2n) is 5.30. The third kappa shape index (κ3) is 2.27. The number of hydrogen-bond donors (Lipinski definition) is 2. The van der Waals surface area contributed by atoms with Gasteiger partial charge in [-0.2, -0.15) is 5.10 Å². The highest BCUT2D eigenvalue weighted by Crippen LogP contribution is 2.26. The van der Waals surface area contributed by atoms with Gasteiger partial charge in [0.05, 0.1) is 6.20 Å². The number of fused-ring (bicyclic) bond motifs is 1. The molecule has 0 saturated heterocycles. The van der Waals surface area contributed by atoms with Crippen LogP contribution < -0.4 is 10.6 Å². The smallest absolute Gasteiger partial charge is 0.248 e. The molecule has 0 aliphatic carbocycles. The molecule has 1 aliphatic rings. The molecular formula is C15H18N4O. The standard InChI is InChI=1S/C15H18N4O/c1-10(2)19-14(7-8-16-19)18-15(20)13-9-11-5-3-4-6-12(11)17-13/h3-8,10,13,17H,9H2,1-2H3,(H,18,20)/t13-/m0/s1. The van der Waals surface area contributed by atoms with Crippen molar-refractivity contribution in [2.75, 3.05) is 10.6 Å². The fourth-order valence-corrected chi connectivity index (χ4v) is 2.49. The van der Waals surface area contributed by atoms with Gasteiger partial charge in [-0.1, -0.05) is 18.2 Å². The molecule has 1 aromatic heterocycles. The first-order chi connectivity index (χ1) is 9.65. The van der Waals surface area contributed by atoms with Crippen LogP contribution in [0, 0.1) is 0 Å². The van der Waals surface area contributed by atoms with E-state index < -0.39 is 0 Å². The molecule has 0 saturated carbocycles. The van der Waals surface area contributed by atoms with Gasteiger partial charge in [-0.05, 0) is 25.5 Å². The molecule has 2 heterocycles. The first-order valence-corrected chi connectivity index (χ1v) is 6.84. The molecule has 0 spiro atoms. The van der Waals surface area contributed by atoms with E-state index in [1.807, 2.05) is 44.2 Å². The van der Waals surface area contributed by atoms with Crippen molar-refractivity contribution in [3.05, 3.63) is 42.1 Å². The van der Waals surface area contributed by atoms with Crippen LogP contribution >= 0.6 is 0 Å². The summed E-state index contributed by atoms with van der Waals surface area (Å²) in [5, 5.41) is 10.4. The molecule has 5 heteroatoms. The van der Waals surface area contributed by atoms with Gasteiger partial charge >= 0.3 is 0 Å². The summed E-state index contributed by atoms with van der Waals surface area (Å²) in [4.78, 5) is 12.3. The van der Waals surface area contributed by atoms with Crippen LogP contribution in [0.2, 0.25) is 0 Å². The zero-order chi connectivity index (χ0) is 14.1. The quantitative estimate of drug-likeness (QED) is 0.900. The normalized spacial score (nSPS) is 16.9. The highest BCUT2D eigenvalue weighted by atomic mass is 16.2. The Morgan fingerprint density at radius 2 is 2.20 bits per heavy atom. The number of aromatic nitrogens is 2. The predicted octanol–water partition coefficient (Wildman–Crippen LogP) is 2.44. The molecule has 104 valence electrons. The van der Waals surface area contributed by atoms with E-state index in [1.54, 1.807) is 10.9 Å². The maximum atomic E-state index is 12.3. The number of amides is 1. The van der Waals surface area contributed by atoms with Crippen molar-refractivity contribution in [3.8, 4) is 0 Å². The van der Waals surface area contributed by atoms with Crippen molar-refractivity contribution in [3.63, 3.8) is 0 Å². The third-order valence-electron chi connectivity index (χ3n) is 3.50. The fourth-order valence-electron chi connectivity index (χ4n) is 2.49. The van der Waals surface area contributed by atoms with E-state index in [9.17, 15) is 4.79 Å². The van der Waals surface area contributed by atoms with Crippen LogP contribution in [-0.2, 0) is 11.2 Å². The summed E-state index contributed by atoms with van der Waals surface area (Å²) in [5.41, 5.74) is 2.23. The molecule has 0 bridgehead atoms. The molecule has 1 aliphatic heterocycles. The predicted molar refractivity (Wildman–Crippen MR) is 78.8 cm³/mol. The van der Waals surface area contributed by atoms with Crippen LogP contribution in [0.5, 0.6) is 0 Å². The van der Waals surface area contributed by atoms with Gasteiger partial charge in [-0.25, -0.2) is 4.68 Å². The number of anilines is 2. The van der Waals surface area contributed by atoms with Crippen LogP contribution in [0.3, 0.4) is 0 Å². The van der Waals surface area contributed by atoms with Crippen LogP contribution in [0.4, 0.5) is 11.5 Å². The number of carbonyl (C=O) groups is 1. The third-order valence-corrected chi connectivity index (χ3v) is 3.50. The Bertz CT molecular complexity index is 607. The highest BCUT2D eigenvalue weighted by molar-refractivity contribution is 5.97. The first-order valence-electron chi connectivity index (χ1n) is 6.84. The number of nitrogens with one attached hydrogen (secondary N) is 2. The summed E-state index contributed by atoms with van der Waals surface area (Å²) in [5.74, 6) is 0.714. The first kappa shape index (κ1) is 12.7. The molecule has 1 amide bonds. The largest absolute Gasteiger partial charge is 0.373 e. The molecule has 2 aromatic rings. The summed E-state index contributed by atoms with van der Waals surface area (Å²) in [6.07, 6.45) is 2.42. The summed E-state index contributed by atoms with van der Waals surface area (Å²) in [7, 11) is 0. The number of para-hydroxylation sites is 1. The molecule has 20 heavy (non-hydrogen) atoms. The minimum absolute atomic E-state index is 0.0244. The van der Waals surface area contributed by atoms with E-state index >= 15 is 0 Å². The zero-order valence-corrected chi connectivity index (χ0v) is 11.6. The van der Waals surface area contributed by atoms with Gasteiger partial charge in [-0.3, -0.25) is 4.79 Å². The Morgan fingerprint density at radius 3 is 2.95 bits per heavy atom. The zero-order valence-electron chi connectivity index (χ0n) is 11.6. The van der Waals surface area contributed by atoms with E-state index in [1.165, 1.54) is 5.56 Å². The maximum absolute atomic E-state index is 12.3. The lowest BCUT2D eigenvalue weighted by Gasteiger charge is -2.15. The lowest BCUT2D eigenvalue weighted by Crippen LogP contribution is -2.33. The van der Waals surface area contributed by atoms with Gasteiger partial charge in [0, 0.05) is 24.2 Å². The minimum Gasteiger partial charge on any atom is -0.373 e. The van der Waals surface area contributed by atoms with E-state index in [0.717, 1.165) is 17.9 Å². The lowest BCUT2D eigenvalue weighted by atomic mass is 10.1. The van der Waals surface area contributed by atoms with Crippen molar-refractivity contribution in [2.45, 2.75) is 32.4 Å². The van der Waals surface area contributed by atoms with Crippen LogP contribution in [0.15, 0.2) is 36.5 Å². The Kier molecular flexibility index (Phi) is 3.18. The molecule has 0 radical (unpaired) electrons.